The number of aromatic amines is 1. The molecule has 0 unspecified atom stereocenters. The Balaban J connectivity index is 1.88. The number of nitrogens with zero attached hydrogens (tertiary/aromatic N) is 1. The van der Waals surface area contributed by atoms with Crippen LogP contribution in [0.1, 0.15) is 5.56 Å². The SMILES string of the molecule is Cc1c(-c2ccc(-n3cccc3)cc2)[nH]c2cccc(F)c2c1=O. The Labute approximate surface area is 138 Å². The molecule has 2 aromatic heterocycles. The third-order valence-corrected chi connectivity index (χ3v) is 4.27. The minimum absolute atomic E-state index is 0.114. The summed E-state index contributed by atoms with van der Waals surface area (Å²) in [6.07, 6.45) is 3.95. The van der Waals surface area contributed by atoms with Gasteiger partial charge in [0.25, 0.3) is 0 Å². The first-order valence-electron chi connectivity index (χ1n) is 7.70. The second-order valence-corrected chi connectivity index (χ2v) is 5.75. The average Bonchev–Trinajstić information content (AvgIpc) is 3.13. The van der Waals surface area contributed by atoms with E-state index in [9.17, 15) is 9.18 Å². The number of pyridine rings is 1. The number of rotatable bonds is 2. The van der Waals surface area contributed by atoms with Gasteiger partial charge in [0.2, 0.25) is 0 Å². The van der Waals surface area contributed by atoms with Crippen LogP contribution in [-0.4, -0.2) is 9.55 Å². The molecule has 0 spiro atoms. The molecule has 0 aliphatic rings. The molecule has 0 aliphatic heterocycles. The number of aromatic nitrogens is 2. The Morgan fingerprint density at radius 3 is 2.38 bits per heavy atom. The molecular weight excluding hydrogens is 303 g/mol. The summed E-state index contributed by atoms with van der Waals surface area (Å²) in [7, 11) is 0. The highest BCUT2D eigenvalue weighted by molar-refractivity contribution is 5.83. The molecule has 0 fully saturated rings. The van der Waals surface area contributed by atoms with Gasteiger partial charge in [0.1, 0.15) is 5.82 Å². The summed E-state index contributed by atoms with van der Waals surface area (Å²) in [4.78, 5) is 15.7. The first-order valence-corrected chi connectivity index (χ1v) is 7.70. The molecule has 0 aliphatic carbocycles. The lowest BCUT2D eigenvalue weighted by Crippen LogP contribution is -2.11. The number of hydrogen-bond acceptors (Lipinski definition) is 1. The van der Waals surface area contributed by atoms with Crippen molar-refractivity contribution in [2.45, 2.75) is 6.92 Å². The maximum Gasteiger partial charge on any atom is 0.195 e. The fourth-order valence-electron chi connectivity index (χ4n) is 2.98. The van der Waals surface area contributed by atoms with Gasteiger partial charge in [-0.3, -0.25) is 4.79 Å². The third-order valence-electron chi connectivity index (χ3n) is 4.27. The highest BCUT2D eigenvalue weighted by Crippen LogP contribution is 2.24. The van der Waals surface area contributed by atoms with E-state index in [1.807, 2.05) is 53.4 Å². The molecule has 4 heteroatoms. The fourth-order valence-corrected chi connectivity index (χ4v) is 2.98. The summed E-state index contributed by atoms with van der Waals surface area (Å²) in [6.45, 7) is 1.72. The second kappa shape index (κ2) is 5.49. The van der Waals surface area contributed by atoms with Gasteiger partial charge in [-0.25, -0.2) is 4.39 Å². The standard InChI is InChI=1S/C20H15FN2O/c1-13-19(22-17-6-4-5-16(21)18(17)20(13)24)14-7-9-15(10-8-14)23-11-2-3-12-23/h2-12H,1H3,(H,22,24). The lowest BCUT2D eigenvalue weighted by Gasteiger charge is -2.10. The van der Waals surface area contributed by atoms with Crippen molar-refractivity contribution in [3.63, 3.8) is 0 Å². The number of halogens is 1. The maximum atomic E-state index is 13.9. The highest BCUT2D eigenvalue weighted by atomic mass is 19.1. The van der Waals surface area contributed by atoms with Crippen LogP contribution in [0.25, 0.3) is 27.8 Å². The molecule has 4 aromatic rings. The van der Waals surface area contributed by atoms with Crippen molar-refractivity contribution in [3.05, 3.63) is 88.6 Å². The summed E-state index contributed by atoms with van der Waals surface area (Å²) in [5.41, 5.74) is 3.40. The van der Waals surface area contributed by atoms with Gasteiger partial charge in [0.05, 0.1) is 16.6 Å². The van der Waals surface area contributed by atoms with Crippen LogP contribution in [0.4, 0.5) is 4.39 Å². The molecule has 0 atom stereocenters. The molecule has 2 aromatic carbocycles. The molecule has 4 rings (SSSR count). The molecule has 0 bridgehead atoms. The van der Waals surface area contributed by atoms with E-state index in [1.54, 1.807) is 19.1 Å². The lowest BCUT2D eigenvalue weighted by molar-refractivity contribution is 0.639. The van der Waals surface area contributed by atoms with Crippen molar-refractivity contribution in [1.82, 2.24) is 9.55 Å². The van der Waals surface area contributed by atoms with Gasteiger partial charge in [-0.2, -0.15) is 0 Å². The van der Waals surface area contributed by atoms with E-state index in [-0.39, 0.29) is 10.8 Å². The Morgan fingerprint density at radius 2 is 1.67 bits per heavy atom. The number of nitrogens with one attached hydrogen (secondary N) is 1. The van der Waals surface area contributed by atoms with Crippen LogP contribution in [-0.2, 0) is 0 Å². The maximum absolute atomic E-state index is 13.9. The zero-order chi connectivity index (χ0) is 16.7. The number of benzene rings is 2. The average molecular weight is 318 g/mol. The monoisotopic (exact) mass is 318 g/mol. The largest absolute Gasteiger partial charge is 0.354 e. The van der Waals surface area contributed by atoms with Gasteiger partial charge in [0, 0.05) is 23.6 Å². The van der Waals surface area contributed by atoms with Crippen LogP contribution in [0.2, 0.25) is 0 Å². The van der Waals surface area contributed by atoms with Crippen LogP contribution in [0, 0.1) is 12.7 Å². The minimum Gasteiger partial charge on any atom is -0.354 e. The molecular formula is C20H15FN2O. The van der Waals surface area contributed by atoms with Crippen molar-refractivity contribution < 1.29 is 4.39 Å². The van der Waals surface area contributed by atoms with E-state index in [0.717, 1.165) is 16.9 Å². The first kappa shape index (κ1) is 14.5. The molecule has 0 radical (unpaired) electrons. The normalized spacial score (nSPS) is 11.1. The van der Waals surface area contributed by atoms with Crippen LogP contribution in [0.3, 0.4) is 0 Å². The summed E-state index contributed by atoms with van der Waals surface area (Å²) in [5.74, 6) is -0.494. The number of H-pyrrole nitrogens is 1. The van der Waals surface area contributed by atoms with Crippen LogP contribution in [0.5, 0.6) is 0 Å². The summed E-state index contributed by atoms with van der Waals surface area (Å²) in [5, 5.41) is 0.114. The summed E-state index contributed by atoms with van der Waals surface area (Å²) in [6, 6.07) is 16.4. The predicted molar refractivity (Wildman–Crippen MR) is 94.0 cm³/mol. The highest BCUT2D eigenvalue weighted by Gasteiger charge is 2.13. The van der Waals surface area contributed by atoms with Crippen molar-refractivity contribution in [2.75, 3.05) is 0 Å². The Morgan fingerprint density at radius 1 is 0.958 bits per heavy atom. The third kappa shape index (κ3) is 2.24. The molecule has 1 N–H and O–H groups in total. The molecule has 0 amide bonds. The zero-order valence-electron chi connectivity index (χ0n) is 13.1. The number of hydrogen-bond donors (Lipinski definition) is 1. The van der Waals surface area contributed by atoms with Crippen LogP contribution >= 0.6 is 0 Å². The van der Waals surface area contributed by atoms with E-state index in [4.69, 9.17) is 0 Å². The van der Waals surface area contributed by atoms with Gasteiger partial charge < -0.3 is 9.55 Å². The molecule has 0 saturated carbocycles. The van der Waals surface area contributed by atoms with Crippen molar-refractivity contribution in [3.8, 4) is 16.9 Å². The van der Waals surface area contributed by atoms with Gasteiger partial charge in [-0.1, -0.05) is 18.2 Å². The summed E-state index contributed by atoms with van der Waals surface area (Å²) >= 11 is 0. The predicted octanol–water partition coefficient (Wildman–Crippen LogP) is 4.43. The molecule has 2 heterocycles. The van der Waals surface area contributed by atoms with E-state index < -0.39 is 5.82 Å². The van der Waals surface area contributed by atoms with E-state index in [0.29, 0.717) is 11.1 Å². The quantitative estimate of drug-likeness (QED) is 0.583. The second-order valence-electron chi connectivity index (χ2n) is 5.75. The molecule has 3 nitrogen and oxygen atoms in total. The van der Waals surface area contributed by atoms with E-state index >= 15 is 0 Å². The van der Waals surface area contributed by atoms with Crippen LogP contribution in [0.15, 0.2) is 71.8 Å². The Hall–Kier alpha value is -3.14. The van der Waals surface area contributed by atoms with Gasteiger partial charge >= 0.3 is 0 Å². The fraction of sp³-hybridized carbons (Fsp3) is 0.0500. The van der Waals surface area contributed by atoms with Crippen molar-refractivity contribution >= 4 is 10.9 Å². The zero-order valence-corrected chi connectivity index (χ0v) is 13.1. The first-order chi connectivity index (χ1) is 11.6. The Kier molecular flexibility index (Phi) is 3.31. The van der Waals surface area contributed by atoms with E-state index in [2.05, 4.69) is 4.98 Å². The smallest absolute Gasteiger partial charge is 0.195 e. The molecule has 24 heavy (non-hydrogen) atoms. The Bertz CT molecular complexity index is 1080. The van der Waals surface area contributed by atoms with Gasteiger partial charge in [-0.05, 0) is 48.9 Å². The van der Waals surface area contributed by atoms with Crippen LogP contribution < -0.4 is 5.43 Å². The van der Waals surface area contributed by atoms with Crippen molar-refractivity contribution in [1.29, 1.82) is 0 Å². The minimum atomic E-state index is -0.494. The van der Waals surface area contributed by atoms with E-state index in [1.165, 1.54) is 6.07 Å². The van der Waals surface area contributed by atoms with Gasteiger partial charge in [-0.15, -0.1) is 0 Å². The van der Waals surface area contributed by atoms with Crippen molar-refractivity contribution in [2.24, 2.45) is 0 Å². The summed E-state index contributed by atoms with van der Waals surface area (Å²) < 4.78 is 16.0. The lowest BCUT2D eigenvalue weighted by atomic mass is 10.0. The molecule has 118 valence electrons. The molecule has 0 saturated heterocycles. The topological polar surface area (TPSA) is 37.8 Å². The van der Waals surface area contributed by atoms with Gasteiger partial charge in [0.15, 0.2) is 5.43 Å². The number of fused-ring (bicyclic) bond motifs is 1.